The molecule has 6 nitrogen and oxygen atoms in total. The van der Waals surface area contributed by atoms with E-state index in [0.29, 0.717) is 17.0 Å². The van der Waals surface area contributed by atoms with Gasteiger partial charge in [0.05, 0.1) is 12.0 Å². The molecule has 0 aliphatic heterocycles. The molecule has 0 unspecified atom stereocenters. The van der Waals surface area contributed by atoms with Gasteiger partial charge in [-0.25, -0.2) is 8.42 Å². The number of sulfonamides is 1. The van der Waals surface area contributed by atoms with Gasteiger partial charge in [0.15, 0.2) is 0 Å². The zero-order valence-electron chi connectivity index (χ0n) is 15.2. The molecule has 0 heterocycles. The van der Waals surface area contributed by atoms with Gasteiger partial charge in [0.1, 0.15) is 5.75 Å². The van der Waals surface area contributed by atoms with E-state index >= 15 is 0 Å². The smallest absolute Gasteiger partial charge is 0.261 e. The molecule has 0 saturated carbocycles. The molecule has 0 aromatic heterocycles. The zero-order chi connectivity index (χ0) is 19.2. The minimum absolute atomic E-state index is 0.0992. The summed E-state index contributed by atoms with van der Waals surface area (Å²) in [6.45, 7) is 4.02. The quantitative estimate of drug-likeness (QED) is 0.739. The van der Waals surface area contributed by atoms with Gasteiger partial charge < -0.3 is 10.1 Å². The summed E-state index contributed by atoms with van der Waals surface area (Å²) >= 11 is 0. The van der Waals surface area contributed by atoms with Crippen LogP contribution < -0.4 is 14.8 Å². The number of carbonyl (C=O) groups excluding carboxylic acids is 1. The molecule has 2 aromatic carbocycles. The van der Waals surface area contributed by atoms with Gasteiger partial charge in [0.25, 0.3) is 15.9 Å². The molecule has 0 saturated heterocycles. The highest BCUT2D eigenvalue weighted by Gasteiger charge is 2.16. The van der Waals surface area contributed by atoms with Gasteiger partial charge in [-0.15, -0.1) is 0 Å². The number of amides is 1. The minimum atomic E-state index is -3.75. The molecule has 0 bridgehead atoms. The number of rotatable bonds is 8. The fourth-order valence-electron chi connectivity index (χ4n) is 2.45. The summed E-state index contributed by atoms with van der Waals surface area (Å²) in [5.74, 6) is 0.355. The molecule has 2 rings (SSSR count). The Balaban J connectivity index is 2.17. The molecular weight excluding hydrogens is 352 g/mol. The lowest BCUT2D eigenvalue weighted by atomic mass is 10.1. The molecule has 0 atom stereocenters. The van der Waals surface area contributed by atoms with Crippen LogP contribution in [0.4, 0.5) is 5.69 Å². The van der Waals surface area contributed by atoms with Gasteiger partial charge in [-0.2, -0.15) is 0 Å². The lowest BCUT2D eigenvalue weighted by Crippen LogP contribution is -2.33. The maximum atomic E-state index is 12.5. The SMILES string of the molecule is CCC(CC)NC(=O)c1cccc(NS(=O)(=O)c2ccc(OC)cc2)c1. The molecule has 0 radical (unpaired) electrons. The van der Waals surface area contributed by atoms with Crippen LogP contribution in [0.2, 0.25) is 0 Å². The monoisotopic (exact) mass is 376 g/mol. The van der Waals surface area contributed by atoms with Crippen LogP contribution in [0.5, 0.6) is 5.75 Å². The largest absolute Gasteiger partial charge is 0.497 e. The number of hydrogen-bond acceptors (Lipinski definition) is 4. The molecule has 2 N–H and O–H groups in total. The van der Waals surface area contributed by atoms with E-state index in [1.807, 2.05) is 13.8 Å². The zero-order valence-corrected chi connectivity index (χ0v) is 16.0. The molecule has 2 aromatic rings. The first-order chi connectivity index (χ1) is 12.4. The Labute approximate surface area is 154 Å². The summed E-state index contributed by atoms with van der Waals surface area (Å²) in [7, 11) is -2.24. The van der Waals surface area contributed by atoms with Crippen molar-refractivity contribution in [2.45, 2.75) is 37.6 Å². The Hall–Kier alpha value is -2.54. The lowest BCUT2D eigenvalue weighted by Gasteiger charge is -2.15. The van der Waals surface area contributed by atoms with Crippen molar-refractivity contribution in [2.24, 2.45) is 0 Å². The van der Waals surface area contributed by atoms with E-state index in [1.54, 1.807) is 30.3 Å². The average molecular weight is 376 g/mol. The van der Waals surface area contributed by atoms with Crippen LogP contribution in [0.1, 0.15) is 37.0 Å². The first-order valence-corrected chi connectivity index (χ1v) is 9.95. The third kappa shape index (κ3) is 4.98. The molecule has 0 spiro atoms. The minimum Gasteiger partial charge on any atom is -0.497 e. The molecule has 0 aliphatic rings. The van der Waals surface area contributed by atoms with Gasteiger partial charge in [-0.1, -0.05) is 19.9 Å². The Morgan fingerprint density at radius 1 is 1.08 bits per heavy atom. The highest BCUT2D eigenvalue weighted by atomic mass is 32.2. The van der Waals surface area contributed by atoms with E-state index in [4.69, 9.17) is 4.74 Å². The molecule has 7 heteroatoms. The fraction of sp³-hybridized carbons (Fsp3) is 0.316. The van der Waals surface area contributed by atoms with Crippen LogP contribution in [0, 0.1) is 0 Å². The number of benzene rings is 2. The normalized spacial score (nSPS) is 11.2. The first kappa shape index (κ1) is 19.8. The van der Waals surface area contributed by atoms with Gasteiger partial charge in [-0.05, 0) is 55.3 Å². The van der Waals surface area contributed by atoms with Crippen molar-refractivity contribution in [1.82, 2.24) is 5.32 Å². The Bertz CT molecular complexity index is 844. The lowest BCUT2D eigenvalue weighted by molar-refractivity contribution is 0.0935. The maximum Gasteiger partial charge on any atom is 0.261 e. The molecular formula is C19H24N2O4S. The molecule has 1 amide bonds. The van der Waals surface area contributed by atoms with Gasteiger partial charge in [0.2, 0.25) is 0 Å². The van der Waals surface area contributed by atoms with E-state index in [2.05, 4.69) is 10.0 Å². The van der Waals surface area contributed by atoms with Crippen molar-refractivity contribution in [3.63, 3.8) is 0 Å². The van der Waals surface area contributed by atoms with Crippen LogP contribution in [0.25, 0.3) is 0 Å². The highest BCUT2D eigenvalue weighted by Crippen LogP contribution is 2.20. The molecule has 0 aliphatic carbocycles. The second kappa shape index (κ2) is 8.71. The Morgan fingerprint density at radius 3 is 2.31 bits per heavy atom. The predicted molar refractivity (Wildman–Crippen MR) is 102 cm³/mol. The molecule has 0 fully saturated rings. The van der Waals surface area contributed by atoms with E-state index < -0.39 is 10.0 Å². The van der Waals surface area contributed by atoms with Crippen LogP contribution in [-0.2, 0) is 10.0 Å². The van der Waals surface area contributed by atoms with E-state index in [-0.39, 0.29) is 16.8 Å². The predicted octanol–water partition coefficient (Wildman–Crippen LogP) is 3.41. The Kier molecular flexibility index (Phi) is 6.63. The van der Waals surface area contributed by atoms with Crippen molar-refractivity contribution in [3.8, 4) is 5.75 Å². The average Bonchev–Trinajstić information content (AvgIpc) is 2.65. The number of ether oxygens (including phenoxy) is 1. The van der Waals surface area contributed by atoms with Crippen LogP contribution in [0.3, 0.4) is 0 Å². The van der Waals surface area contributed by atoms with Crippen LogP contribution >= 0.6 is 0 Å². The van der Waals surface area contributed by atoms with E-state index in [9.17, 15) is 13.2 Å². The summed E-state index contributed by atoms with van der Waals surface area (Å²) in [5.41, 5.74) is 0.741. The standard InChI is InChI=1S/C19H24N2O4S/c1-4-15(5-2)20-19(22)14-7-6-8-16(13-14)21-26(23,24)18-11-9-17(25-3)10-12-18/h6-13,15,21H,4-5H2,1-3H3,(H,20,22). The summed E-state index contributed by atoms with van der Waals surface area (Å²) in [6, 6.07) is 12.6. The number of anilines is 1. The first-order valence-electron chi connectivity index (χ1n) is 8.47. The van der Waals surface area contributed by atoms with Crippen molar-refractivity contribution in [2.75, 3.05) is 11.8 Å². The molecule has 26 heavy (non-hydrogen) atoms. The van der Waals surface area contributed by atoms with Crippen molar-refractivity contribution < 1.29 is 17.9 Å². The topological polar surface area (TPSA) is 84.5 Å². The number of nitrogens with one attached hydrogen (secondary N) is 2. The number of hydrogen-bond donors (Lipinski definition) is 2. The number of methoxy groups -OCH3 is 1. The van der Waals surface area contributed by atoms with E-state index in [0.717, 1.165) is 12.8 Å². The van der Waals surface area contributed by atoms with E-state index in [1.165, 1.54) is 25.3 Å². The summed E-state index contributed by atoms with van der Waals surface area (Å²) < 4.78 is 32.5. The highest BCUT2D eigenvalue weighted by molar-refractivity contribution is 7.92. The molecule has 140 valence electrons. The fourth-order valence-corrected chi connectivity index (χ4v) is 3.50. The number of carbonyl (C=O) groups is 1. The van der Waals surface area contributed by atoms with Gasteiger partial charge in [-0.3, -0.25) is 9.52 Å². The maximum absolute atomic E-state index is 12.5. The Morgan fingerprint density at radius 2 is 1.73 bits per heavy atom. The summed E-state index contributed by atoms with van der Waals surface area (Å²) in [4.78, 5) is 12.4. The van der Waals surface area contributed by atoms with Crippen LogP contribution in [0.15, 0.2) is 53.4 Å². The second-order valence-corrected chi connectivity index (χ2v) is 7.53. The van der Waals surface area contributed by atoms with Crippen molar-refractivity contribution in [3.05, 3.63) is 54.1 Å². The third-order valence-corrected chi connectivity index (χ3v) is 5.46. The summed E-state index contributed by atoms with van der Waals surface area (Å²) in [5, 5.41) is 2.94. The third-order valence-electron chi connectivity index (χ3n) is 4.07. The van der Waals surface area contributed by atoms with Crippen LogP contribution in [-0.4, -0.2) is 27.5 Å². The second-order valence-electron chi connectivity index (χ2n) is 5.85. The van der Waals surface area contributed by atoms with Gasteiger partial charge in [0, 0.05) is 17.3 Å². The summed E-state index contributed by atoms with van der Waals surface area (Å²) in [6.07, 6.45) is 1.68. The van der Waals surface area contributed by atoms with Gasteiger partial charge >= 0.3 is 0 Å². The van der Waals surface area contributed by atoms with Crippen molar-refractivity contribution >= 4 is 21.6 Å². The van der Waals surface area contributed by atoms with Crippen molar-refractivity contribution in [1.29, 1.82) is 0 Å².